The van der Waals surface area contributed by atoms with E-state index < -0.39 is 0 Å². The summed E-state index contributed by atoms with van der Waals surface area (Å²) in [5.41, 5.74) is 2.64. The molecule has 0 aromatic heterocycles. The average molecular weight is 438 g/mol. The summed E-state index contributed by atoms with van der Waals surface area (Å²) in [7, 11) is 1.59. The Balaban J connectivity index is 1.70. The first-order valence-electron chi connectivity index (χ1n) is 8.74. The van der Waals surface area contributed by atoms with E-state index in [4.69, 9.17) is 9.47 Å². The van der Waals surface area contributed by atoms with Gasteiger partial charge in [0.05, 0.1) is 11.6 Å². The van der Waals surface area contributed by atoms with Crippen LogP contribution in [0.5, 0.6) is 11.5 Å². The van der Waals surface area contributed by atoms with E-state index in [0.717, 1.165) is 21.3 Å². The van der Waals surface area contributed by atoms with Crippen molar-refractivity contribution in [3.8, 4) is 11.5 Å². The molecular weight excluding hydrogens is 418 g/mol. The fourth-order valence-corrected chi connectivity index (χ4v) is 3.16. The first-order chi connectivity index (χ1) is 13.7. The second-order valence-electron chi connectivity index (χ2n) is 6.00. The van der Waals surface area contributed by atoms with E-state index in [2.05, 4.69) is 21.2 Å². The summed E-state index contributed by atoms with van der Waals surface area (Å²) in [5.74, 6) is 1.01. The van der Waals surface area contributed by atoms with Crippen molar-refractivity contribution in [3.63, 3.8) is 0 Å². The molecule has 0 unspecified atom stereocenters. The Bertz CT molecular complexity index is 956. The third-order valence-electron chi connectivity index (χ3n) is 3.95. The average Bonchev–Trinajstić information content (AvgIpc) is 2.72. The highest BCUT2D eigenvalue weighted by Crippen LogP contribution is 2.37. The molecule has 0 heterocycles. The third kappa shape index (κ3) is 5.47. The van der Waals surface area contributed by atoms with Crippen LogP contribution in [-0.2, 0) is 11.4 Å². The first kappa shape index (κ1) is 19.7. The molecule has 0 saturated carbocycles. The molecule has 0 aliphatic rings. The van der Waals surface area contributed by atoms with Crippen LogP contribution in [0.2, 0.25) is 0 Å². The van der Waals surface area contributed by atoms with E-state index in [1.165, 1.54) is 6.08 Å². The third-order valence-corrected chi connectivity index (χ3v) is 4.54. The van der Waals surface area contributed by atoms with Crippen LogP contribution in [0, 0.1) is 0 Å². The minimum absolute atomic E-state index is 0.203. The van der Waals surface area contributed by atoms with Crippen molar-refractivity contribution in [3.05, 3.63) is 94.5 Å². The fourth-order valence-electron chi connectivity index (χ4n) is 2.58. The monoisotopic (exact) mass is 437 g/mol. The van der Waals surface area contributed by atoms with Crippen LogP contribution >= 0.6 is 15.9 Å². The van der Waals surface area contributed by atoms with Gasteiger partial charge in [0.25, 0.3) is 0 Å². The maximum Gasteiger partial charge on any atom is 0.248 e. The van der Waals surface area contributed by atoms with Crippen molar-refractivity contribution in [2.24, 2.45) is 0 Å². The summed E-state index contributed by atoms with van der Waals surface area (Å²) in [5, 5.41) is 2.81. The van der Waals surface area contributed by atoms with Crippen LogP contribution in [0.1, 0.15) is 11.1 Å². The SMILES string of the molecule is COc1cc(C=CC(=O)Nc2ccccc2)cc(Br)c1OCc1ccccc1. The van der Waals surface area contributed by atoms with Gasteiger partial charge in [-0.15, -0.1) is 0 Å². The molecule has 3 aromatic rings. The normalized spacial score (nSPS) is 10.6. The van der Waals surface area contributed by atoms with Crippen molar-refractivity contribution in [2.45, 2.75) is 6.61 Å². The molecule has 1 N–H and O–H groups in total. The molecule has 4 nitrogen and oxygen atoms in total. The zero-order chi connectivity index (χ0) is 19.8. The number of carbonyl (C=O) groups excluding carboxylic acids is 1. The second kappa shape index (κ2) is 9.76. The van der Waals surface area contributed by atoms with Crippen LogP contribution < -0.4 is 14.8 Å². The van der Waals surface area contributed by atoms with E-state index in [9.17, 15) is 4.79 Å². The molecule has 5 heteroatoms. The molecule has 3 aromatic carbocycles. The predicted molar refractivity (Wildman–Crippen MR) is 116 cm³/mol. The molecule has 0 atom stereocenters. The van der Waals surface area contributed by atoms with Crippen LogP contribution in [0.25, 0.3) is 6.08 Å². The lowest BCUT2D eigenvalue weighted by molar-refractivity contribution is -0.111. The zero-order valence-corrected chi connectivity index (χ0v) is 17.0. The summed E-state index contributed by atoms with van der Waals surface area (Å²) >= 11 is 3.53. The molecule has 0 spiro atoms. The van der Waals surface area contributed by atoms with Gasteiger partial charge in [-0.1, -0.05) is 48.5 Å². The van der Waals surface area contributed by atoms with E-state index in [-0.39, 0.29) is 5.91 Å². The Morgan fingerprint density at radius 1 is 1.04 bits per heavy atom. The van der Waals surface area contributed by atoms with Gasteiger partial charge in [-0.2, -0.15) is 0 Å². The topological polar surface area (TPSA) is 47.6 Å². The molecule has 3 rings (SSSR count). The lowest BCUT2D eigenvalue weighted by Crippen LogP contribution is -2.07. The summed E-state index contributed by atoms with van der Waals surface area (Å²) in [6.45, 7) is 0.435. The molecule has 28 heavy (non-hydrogen) atoms. The number of hydrogen-bond acceptors (Lipinski definition) is 3. The van der Waals surface area contributed by atoms with Crippen LogP contribution in [0.15, 0.2) is 83.3 Å². The van der Waals surface area contributed by atoms with Gasteiger partial charge in [-0.25, -0.2) is 0 Å². The molecule has 0 aliphatic heterocycles. The van der Waals surface area contributed by atoms with Crippen molar-refractivity contribution in [1.29, 1.82) is 0 Å². The standard InChI is InChI=1S/C23H20BrNO3/c1-27-21-15-18(12-13-22(26)25-19-10-6-3-7-11-19)14-20(24)23(21)28-16-17-8-4-2-5-9-17/h2-15H,16H2,1H3,(H,25,26). The molecule has 0 saturated heterocycles. The first-order valence-corrected chi connectivity index (χ1v) is 9.53. The molecule has 0 radical (unpaired) electrons. The van der Waals surface area contributed by atoms with Crippen LogP contribution in [0.4, 0.5) is 5.69 Å². The van der Waals surface area contributed by atoms with Gasteiger partial charge in [-0.3, -0.25) is 4.79 Å². The number of ether oxygens (including phenoxy) is 2. The number of methoxy groups -OCH3 is 1. The van der Waals surface area contributed by atoms with Crippen LogP contribution in [0.3, 0.4) is 0 Å². The summed E-state index contributed by atoms with van der Waals surface area (Å²) in [4.78, 5) is 12.1. The summed E-state index contributed by atoms with van der Waals surface area (Å²) < 4.78 is 12.2. The van der Waals surface area contributed by atoms with Gasteiger partial charge in [0.1, 0.15) is 6.61 Å². The Morgan fingerprint density at radius 3 is 2.39 bits per heavy atom. The highest BCUT2D eigenvalue weighted by Gasteiger charge is 2.11. The summed E-state index contributed by atoms with van der Waals surface area (Å²) in [6, 6.07) is 22.9. The summed E-state index contributed by atoms with van der Waals surface area (Å²) in [6.07, 6.45) is 3.21. The van der Waals surface area contributed by atoms with Crippen molar-refractivity contribution in [2.75, 3.05) is 12.4 Å². The molecule has 0 aliphatic carbocycles. The van der Waals surface area contributed by atoms with Gasteiger partial charge in [-0.05, 0) is 57.4 Å². The van der Waals surface area contributed by atoms with Gasteiger partial charge < -0.3 is 14.8 Å². The number of para-hydroxylation sites is 1. The van der Waals surface area contributed by atoms with Crippen molar-refractivity contribution >= 4 is 33.6 Å². The van der Waals surface area contributed by atoms with Crippen LogP contribution in [-0.4, -0.2) is 13.0 Å². The van der Waals surface area contributed by atoms with E-state index in [0.29, 0.717) is 18.1 Å². The number of amides is 1. The Kier molecular flexibility index (Phi) is 6.87. The highest BCUT2D eigenvalue weighted by atomic mass is 79.9. The highest BCUT2D eigenvalue weighted by molar-refractivity contribution is 9.10. The van der Waals surface area contributed by atoms with Gasteiger partial charge in [0.2, 0.25) is 5.91 Å². The number of anilines is 1. The van der Waals surface area contributed by atoms with Crippen molar-refractivity contribution in [1.82, 2.24) is 0 Å². The maximum atomic E-state index is 12.1. The van der Waals surface area contributed by atoms with Gasteiger partial charge in [0.15, 0.2) is 11.5 Å². The lowest BCUT2D eigenvalue weighted by atomic mass is 10.2. The Morgan fingerprint density at radius 2 is 1.71 bits per heavy atom. The minimum atomic E-state index is -0.203. The molecule has 0 fully saturated rings. The minimum Gasteiger partial charge on any atom is -0.493 e. The zero-order valence-electron chi connectivity index (χ0n) is 15.4. The van der Waals surface area contributed by atoms with E-state index in [1.54, 1.807) is 13.2 Å². The Hall–Kier alpha value is -3.05. The number of rotatable bonds is 7. The predicted octanol–water partition coefficient (Wildman–Crippen LogP) is 5.69. The largest absolute Gasteiger partial charge is 0.493 e. The number of nitrogens with one attached hydrogen (secondary N) is 1. The lowest BCUT2D eigenvalue weighted by Gasteiger charge is -2.13. The molecule has 1 amide bonds. The number of benzene rings is 3. The Labute approximate surface area is 172 Å². The van der Waals surface area contributed by atoms with E-state index in [1.807, 2.05) is 72.8 Å². The quantitative estimate of drug-likeness (QED) is 0.483. The number of halogens is 1. The van der Waals surface area contributed by atoms with Gasteiger partial charge >= 0.3 is 0 Å². The number of carbonyl (C=O) groups is 1. The molecular formula is C23H20BrNO3. The van der Waals surface area contributed by atoms with E-state index >= 15 is 0 Å². The fraction of sp³-hybridized carbons (Fsp3) is 0.0870. The molecule has 142 valence electrons. The van der Waals surface area contributed by atoms with Gasteiger partial charge in [0, 0.05) is 11.8 Å². The molecule has 0 bridgehead atoms. The smallest absolute Gasteiger partial charge is 0.248 e. The maximum absolute atomic E-state index is 12.1. The number of hydrogen-bond donors (Lipinski definition) is 1. The second-order valence-corrected chi connectivity index (χ2v) is 6.85. The van der Waals surface area contributed by atoms with Crippen molar-refractivity contribution < 1.29 is 14.3 Å².